The number of methoxy groups -OCH3 is 1. The Balaban J connectivity index is 2.27. The second-order valence-electron chi connectivity index (χ2n) is 3.00. The highest BCUT2D eigenvalue weighted by Crippen LogP contribution is 2.14. The first kappa shape index (κ1) is 12.2. The van der Waals surface area contributed by atoms with Crippen LogP contribution in [0.2, 0.25) is 0 Å². The summed E-state index contributed by atoms with van der Waals surface area (Å²) in [4.78, 5) is 20.4. The molecule has 0 unspecified atom stereocenters. The average Bonchev–Trinajstić information content (AvgIpc) is 2.72. The van der Waals surface area contributed by atoms with E-state index in [9.17, 15) is 14.9 Å². The highest BCUT2D eigenvalue weighted by atomic mass is 16.6. The monoisotopic (exact) mass is 228 g/mol. The summed E-state index contributed by atoms with van der Waals surface area (Å²) in [5.41, 5.74) is 0. The zero-order valence-electron chi connectivity index (χ0n) is 8.76. The number of rotatable bonds is 6. The minimum Gasteiger partial charge on any atom is -0.469 e. The number of carbonyl (C=O) groups excluding carboxylic acids is 1. The summed E-state index contributed by atoms with van der Waals surface area (Å²) in [6.45, 7) is 0.770. The Morgan fingerprint density at radius 2 is 2.38 bits per heavy atom. The van der Waals surface area contributed by atoms with Crippen LogP contribution >= 0.6 is 0 Å². The lowest BCUT2D eigenvalue weighted by atomic mass is 10.4. The molecule has 0 spiro atoms. The first-order valence-corrected chi connectivity index (χ1v) is 4.64. The van der Waals surface area contributed by atoms with Gasteiger partial charge >= 0.3 is 11.9 Å². The van der Waals surface area contributed by atoms with Crippen molar-refractivity contribution in [3.63, 3.8) is 0 Å². The summed E-state index contributed by atoms with van der Waals surface area (Å²) in [6, 6.07) is 2.81. The molecule has 0 aromatic carbocycles. The summed E-state index contributed by atoms with van der Waals surface area (Å²) in [5, 5.41) is 13.2. The molecule has 1 aromatic rings. The number of furan rings is 1. The van der Waals surface area contributed by atoms with Gasteiger partial charge in [0.25, 0.3) is 0 Å². The SMILES string of the molecule is COC(=O)CCNCc1ccc([N+](=O)[O-])o1. The van der Waals surface area contributed by atoms with Gasteiger partial charge in [-0.15, -0.1) is 0 Å². The van der Waals surface area contributed by atoms with Crippen LogP contribution < -0.4 is 5.32 Å². The number of hydrogen-bond donors (Lipinski definition) is 1. The molecular weight excluding hydrogens is 216 g/mol. The number of esters is 1. The molecule has 7 nitrogen and oxygen atoms in total. The Labute approximate surface area is 91.5 Å². The molecule has 0 saturated carbocycles. The molecule has 88 valence electrons. The molecule has 0 saturated heterocycles. The third-order valence-corrected chi connectivity index (χ3v) is 1.86. The zero-order valence-corrected chi connectivity index (χ0v) is 8.76. The van der Waals surface area contributed by atoms with Gasteiger partial charge in [-0.2, -0.15) is 0 Å². The molecule has 1 rings (SSSR count). The standard InChI is InChI=1S/C9H12N2O5/c1-15-9(12)4-5-10-6-7-2-3-8(16-7)11(13)14/h2-3,10H,4-6H2,1H3. The van der Waals surface area contributed by atoms with Crippen LogP contribution in [-0.4, -0.2) is 24.5 Å². The molecule has 1 heterocycles. The second kappa shape index (κ2) is 5.86. The van der Waals surface area contributed by atoms with Crippen LogP contribution in [0.5, 0.6) is 0 Å². The Hall–Kier alpha value is -1.89. The van der Waals surface area contributed by atoms with Gasteiger partial charge in [-0.25, -0.2) is 0 Å². The van der Waals surface area contributed by atoms with Gasteiger partial charge in [0, 0.05) is 6.54 Å². The van der Waals surface area contributed by atoms with Crippen molar-refractivity contribution in [2.24, 2.45) is 0 Å². The van der Waals surface area contributed by atoms with Crippen molar-refractivity contribution in [1.82, 2.24) is 5.32 Å². The zero-order chi connectivity index (χ0) is 12.0. The second-order valence-corrected chi connectivity index (χ2v) is 3.00. The van der Waals surface area contributed by atoms with Gasteiger partial charge in [-0.05, 0) is 6.07 Å². The third kappa shape index (κ3) is 3.70. The van der Waals surface area contributed by atoms with Crippen molar-refractivity contribution in [2.75, 3.05) is 13.7 Å². The van der Waals surface area contributed by atoms with Gasteiger partial charge in [0.05, 0.1) is 26.1 Å². The van der Waals surface area contributed by atoms with Crippen molar-refractivity contribution in [3.05, 3.63) is 28.0 Å². The van der Waals surface area contributed by atoms with Crippen LogP contribution in [0.4, 0.5) is 5.88 Å². The fourth-order valence-electron chi connectivity index (χ4n) is 1.06. The van der Waals surface area contributed by atoms with Crippen molar-refractivity contribution in [2.45, 2.75) is 13.0 Å². The van der Waals surface area contributed by atoms with Crippen LogP contribution in [0.3, 0.4) is 0 Å². The third-order valence-electron chi connectivity index (χ3n) is 1.86. The lowest BCUT2D eigenvalue weighted by Crippen LogP contribution is -2.18. The van der Waals surface area contributed by atoms with E-state index in [-0.39, 0.29) is 18.3 Å². The van der Waals surface area contributed by atoms with Crippen molar-refractivity contribution >= 4 is 11.9 Å². The molecule has 0 aliphatic heterocycles. The predicted octanol–water partition coefficient (Wildman–Crippen LogP) is 0.840. The Bertz CT molecular complexity index is 374. The van der Waals surface area contributed by atoms with E-state index >= 15 is 0 Å². The summed E-state index contributed by atoms with van der Waals surface area (Å²) < 4.78 is 9.35. The molecule has 7 heteroatoms. The van der Waals surface area contributed by atoms with Gasteiger partial charge in [0.1, 0.15) is 10.7 Å². The lowest BCUT2D eigenvalue weighted by molar-refractivity contribution is -0.402. The minimum absolute atomic E-state index is 0.249. The van der Waals surface area contributed by atoms with E-state index in [0.717, 1.165) is 0 Å². The number of hydrogen-bond acceptors (Lipinski definition) is 6. The van der Waals surface area contributed by atoms with Crippen LogP contribution in [-0.2, 0) is 16.1 Å². The smallest absolute Gasteiger partial charge is 0.433 e. The molecule has 0 radical (unpaired) electrons. The molecule has 0 bridgehead atoms. The molecule has 0 atom stereocenters. The Morgan fingerprint density at radius 1 is 1.62 bits per heavy atom. The summed E-state index contributed by atoms with van der Waals surface area (Å²) in [6.07, 6.45) is 0.249. The molecule has 0 fully saturated rings. The lowest BCUT2D eigenvalue weighted by Gasteiger charge is -2.00. The number of nitrogens with zero attached hydrogens (tertiary/aromatic N) is 1. The number of ether oxygens (including phenoxy) is 1. The van der Waals surface area contributed by atoms with Gasteiger partial charge in [0.15, 0.2) is 0 Å². The van der Waals surface area contributed by atoms with E-state index in [1.54, 1.807) is 0 Å². The van der Waals surface area contributed by atoms with Gasteiger partial charge in [0.2, 0.25) is 0 Å². The van der Waals surface area contributed by atoms with Gasteiger partial charge in [-0.1, -0.05) is 0 Å². The highest BCUT2D eigenvalue weighted by molar-refractivity contribution is 5.69. The molecule has 0 amide bonds. The number of carbonyl (C=O) groups is 1. The van der Waals surface area contributed by atoms with E-state index in [1.165, 1.54) is 19.2 Å². The normalized spacial score (nSPS) is 10.1. The van der Waals surface area contributed by atoms with E-state index in [1.807, 2.05) is 0 Å². The maximum absolute atomic E-state index is 10.7. The Kier molecular flexibility index (Phi) is 4.46. The van der Waals surface area contributed by atoms with Gasteiger partial charge < -0.3 is 14.5 Å². The topological polar surface area (TPSA) is 94.6 Å². The van der Waals surface area contributed by atoms with Crippen LogP contribution in [0.15, 0.2) is 16.5 Å². The first-order valence-electron chi connectivity index (χ1n) is 4.64. The van der Waals surface area contributed by atoms with Gasteiger partial charge in [-0.3, -0.25) is 14.9 Å². The van der Waals surface area contributed by atoms with Crippen molar-refractivity contribution in [1.29, 1.82) is 0 Å². The van der Waals surface area contributed by atoms with Crippen LogP contribution in [0.25, 0.3) is 0 Å². The minimum atomic E-state index is -0.599. The summed E-state index contributed by atoms with van der Waals surface area (Å²) >= 11 is 0. The molecule has 1 N–H and O–H groups in total. The Morgan fingerprint density at radius 3 is 2.94 bits per heavy atom. The molecule has 1 aromatic heterocycles. The largest absolute Gasteiger partial charge is 0.469 e. The first-order chi connectivity index (χ1) is 7.63. The number of nitrogens with one attached hydrogen (secondary N) is 1. The predicted molar refractivity (Wildman–Crippen MR) is 53.7 cm³/mol. The summed E-state index contributed by atoms with van der Waals surface area (Å²) in [5.74, 6) is -0.140. The average molecular weight is 228 g/mol. The maximum Gasteiger partial charge on any atom is 0.433 e. The van der Waals surface area contributed by atoms with Crippen molar-refractivity contribution in [3.8, 4) is 0 Å². The van der Waals surface area contributed by atoms with E-state index < -0.39 is 4.92 Å². The molecule has 0 aliphatic rings. The number of nitro groups is 1. The molecular formula is C9H12N2O5. The van der Waals surface area contributed by atoms with E-state index in [0.29, 0.717) is 18.8 Å². The fraction of sp³-hybridized carbons (Fsp3) is 0.444. The highest BCUT2D eigenvalue weighted by Gasteiger charge is 2.11. The van der Waals surface area contributed by atoms with Crippen LogP contribution in [0.1, 0.15) is 12.2 Å². The van der Waals surface area contributed by atoms with Crippen LogP contribution in [0, 0.1) is 10.1 Å². The fourth-order valence-corrected chi connectivity index (χ4v) is 1.06. The maximum atomic E-state index is 10.7. The van der Waals surface area contributed by atoms with Crippen molar-refractivity contribution < 1.29 is 18.9 Å². The van der Waals surface area contributed by atoms with E-state index in [2.05, 4.69) is 10.1 Å². The van der Waals surface area contributed by atoms with E-state index in [4.69, 9.17) is 4.42 Å². The summed E-state index contributed by atoms with van der Waals surface area (Å²) in [7, 11) is 1.32. The quantitative estimate of drug-likeness (QED) is 0.335. The molecule has 16 heavy (non-hydrogen) atoms. The molecule has 0 aliphatic carbocycles.